The lowest BCUT2D eigenvalue weighted by Crippen LogP contribution is -2.50. The first kappa shape index (κ1) is 12.6. The largest absolute Gasteiger partial charge is 0.298 e. The highest BCUT2D eigenvalue weighted by molar-refractivity contribution is 5.20. The van der Waals surface area contributed by atoms with Crippen LogP contribution < -0.4 is 0 Å². The van der Waals surface area contributed by atoms with E-state index in [1.807, 2.05) is 25.3 Å². The molecular formula is C15H20N4. The fourth-order valence-electron chi connectivity index (χ4n) is 3.23. The van der Waals surface area contributed by atoms with Crippen LogP contribution in [0.4, 0.5) is 0 Å². The number of piperazine rings is 1. The Hall–Kier alpha value is -1.44. The molecule has 0 radical (unpaired) electrons. The number of rotatable bonds is 2. The van der Waals surface area contributed by atoms with Crippen LogP contribution in [0.1, 0.15) is 30.1 Å². The summed E-state index contributed by atoms with van der Waals surface area (Å²) in [6.07, 6.45) is 4.43. The quantitative estimate of drug-likeness (QED) is 0.808. The zero-order valence-electron chi connectivity index (χ0n) is 11.4. The fourth-order valence-corrected chi connectivity index (χ4v) is 3.23. The summed E-state index contributed by atoms with van der Waals surface area (Å²) in [7, 11) is 0. The molecule has 2 fully saturated rings. The summed E-state index contributed by atoms with van der Waals surface area (Å²) in [5, 5.41) is 9.50. The Labute approximate surface area is 114 Å². The summed E-state index contributed by atoms with van der Waals surface area (Å²) < 4.78 is 0. The maximum absolute atomic E-state index is 9.50. The number of nitrogens with zero attached hydrogens (tertiary/aromatic N) is 4. The maximum atomic E-state index is 9.50. The fraction of sp³-hybridized carbons (Fsp3) is 0.600. The van der Waals surface area contributed by atoms with Gasteiger partial charge in [0.25, 0.3) is 0 Å². The zero-order valence-corrected chi connectivity index (χ0v) is 11.4. The van der Waals surface area contributed by atoms with Crippen molar-refractivity contribution in [2.45, 2.75) is 31.8 Å². The summed E-state index contributed by atoms with van der Waals surface area (Å²) >= 11 is 0. The van der Waals surface area contributed by atoms with Gasteiger partial charge in [-0.05, 0) is 37.9 Å². The number of nitriles is 1. The van der Waals surface area contributed by atoms with Gasteiger partial charge in [-0.15, -0.1) is 0 Å². The van der Waals surface area contributed by atoms with Gasteiger partial charge in [0.1, 0.15) is 6.04 Å². The highest BCUT2D eigenvalue weighted by Crippen LogP contribution is 2.27. The number of pyridine rings is 1. The van der Waals surface area contributed by atoms with E-state index in [0.717, 1.165) is 30.9 Å². The first-order valence-electron chi connectivity index (χ1n) is 7.08. The first-order chi connectivity index (χ1) is 9.28. The molecule has 0 bridgehead atoms. The molecule has 3 rings (SSSR count). The minimum atomic E-state index is -0.191. The van der Waals surface area contributed by atoms with Crippen LogP contribution in [0.2, 0.25) is 0 Å². The van der Waals surface area contributed by atoms with Crippen molar-refractivity contribution in [2.75, 3.05) is 26.2 Å². The predicted molar refractivity (Wildman–Crippen MR) is 73.5 cm³/mol. The van der Waals surface area contributed by atoms with Crippen molar-refractivity contribution in [3.05, 3.63) is 29.6 Å². The average molecular weight is 256 g/mol. The van der Waals surface area contributed by atoms with Crippen LogP contribution in [-0.4, -0.2) is 47.0 Å². The molecule has 2 atom stereocenters. The Kier molecular flexibility index (Phi) is 3.50. The molecule has 0 amide bonds. The van der Waals surface area contributed by atoms with Gasteiger partial charge in [0, 0.05) is 31.9 Å². The standard InChI is InChI=1S/C15H20N4/c1-12-4-5-14(17-10-12)15(9-16)19-8-7-18-6-2-3-13(18)11-19/h4-5,10,13,15H,2-3,6-8,11H2,1H3/t13-,15?/m1/s1. The Balaban J connectivity index is 1.75. The lowest BCUT2D eigenvalue weighted by molar-refractivity contribution is 0.0864. The van der Waals surface area contributed by atoms with Gasteiger partial charge >= 0.3 is 0 Å². The molecule has 1 aromatic rings. The van der Waals surface area contributed by atoms with Crippen molar-refractivity contribution in [3.63, 3.8) is 0 Å². The van der Waals surface area contributed by atoms with Crippen molar-refractivity contribution in [3.8, 4) is 6.07 Å². The Morgan fingerprint density at radius 3 is 3.00 bits per heavy atom. The van der Waals surface area contributed by atoms with Gasteiger partial charge in [-0.25, -0.2) is 0 Å². The molecule has 0 saturated carbocycles. The molecule has 0 aliphatic carbocycles. The highest BCUT2D eigenvalue weighted by Gasteiger charge is 2.34. The van der Waals surface area contributed by atoms with Gasteiger partial charge in [0.2, 0.25) is 0 Å². The van der Waals surface area contributed by atoms with Crippen LogP contribution in [0.25, 0.3) is 0 Å². The lowest BCUT2D eigenvalue weighted by atomic mass is 10.1. The van der Waals surface area contributed by atoms with Crippen LogP contribution in [0, 0.1) is 18.3 Å². The van der Waals surface area contributed by atoms with Crippen LogP contribution in [-0.2, 0) is 0 Å². The monoisotopic (exact) mass is 256 g/mol. The normalized spacial score (nSPS) is 25.8. The molecule has 0 N–H and O–H groups in total. The van der Waals surface area contributed by atoms with Gasteiger partial charge in [0.15, 0.2) is 0 Å². The minimum absolute atomic E-state index is 0.191. The maximum Gasteiger partial charge on any atom is 0.141 e. The van der Waals surface area contributed by atoms with Gasteiger partial charge in [-0.3, -0.25) is 14.8 Å². The van der Waals surface area contributed by atoms with E-state index in [1.54, 1.807) is 0 Å². The summed E-state index contributed by atoms with van der Waals surface area (Å²) in [6, 6.07) is 6.92. The molecule has 3 heterocycles. The van der Waals surface area contributed by atoms with E-state index < -0.39 is 0 Å². The molecular weight excluding hydrogens is 236 g/mol. The molecule has 19 heavy (non-hydrogen) atoms. The summed E-state index contributed by atoms with van der Waals surface area (Å²) in [5.41, 5.74) is 2.03. The van der Waals surface area contributed by atoms with Crippen LogP contribution in [0.15, 0.2) is 18.3 Å². The third-order valence-electron chi connectivity index (χ3n) is 4.32. The summed E-state index contributed by atoms with van der Waals surface area (Å²) in [5.74, 6) is 0. The first-order valence-corrected chi connectivity index (χ1v) is 7.08. The van der Waals surface area contributed by atoms with E-state index in [-0.39, 0.29) is 6.04 Å². The number of hydrogen-bond acceptors (Lipinski definition) is 4. The van der Waals surface area contributed by atoms with E-state index in [0.29, 0.717) is 6.04 Å². The number of fused-ring (bicyclic) bond motifs is 1. The SMILES string of the molecule is Cc1ccc(C(C#N)N2CCN3CCC[C@@H]3C2)nc1. The Morgan fingerprint density at radius 2 is 2.26 bits per heavy atom. The molecule has 1 unspecified atom stereocenters. The van der Waals surface area contributed by atoms with E-state index in [4.69, 9.17) is 0 Å². The van der Waals surface area contributed by atoms with E-state index in [1.165, 1.54) is 19.4 Å². The smallest absolute Gasteiger partial charge is 0.141 e. The van der Waals surface area contributed by atoms with Gasteiger partial charge in [0.05, 0.1) is 11.8 Å². The molecule has 2 aliphatic rings. The Bertz CT molecular complexity index is 476. The molecule has 1 aromatic heterocycles. The van der Waals surface area contributed by atoms with E-state index in [2.05, 4.69) is 20.9 Å². The minimum Gasteiger partial charge on any atom is -0.298 e. The van der Waals surface area contributed by atoms with Crippen molar-refractivity contribution >= 4 is 0 Å². The van der Waals surface area contributed by atoms with Gasteiger partial charge in [-0.2, -0.15) is 5.26 Å². The van der Waals surface area contributed by atoms with Gasteiger partial charge < -0.3 is 0 Å². The molecule has 2 saturated heterocycles. The number of hydrogen-bond donors (Lipinski definition) is 0. The van der Waals surface area contributed by atoms with Crippen LogP contribution in [0.3, 0.4) is 0 Å². The van der Waals surface area contributed by atoms with Crippen molar-refractivity contribution in [1.29, 1.82) is 5.26 Å². The molecule has 100 valence electrons. The third-order valence-corrected chi connectivity index (χ3v) is 4.32. The predicted octanol–water partition coefficient (Wildman–Crippen LogP) is 1.73. The molecule has 0 spiro atoms. The molecule has 4 heteroatoms. The van der Waals surface area contributed by atoms with Crippen molar-refractivity contribution in [1.82, 2.24) is 14.8 Å². The lowest BCUT2D eigenvalue weighted by Gasteiger charge is -2.39. The van der Waals surface area contributed by atoms with E-state index >= 15 is 0 Å². The van der Waals surface area contributed by atoms with Crippen LogP contribution >= 0.6 is 0 Å². The second-order valence-corrected chi connectivity index (χ2v) is 5.62. The number of aryl methyl sites for hydroxylation is 1. The summed E-state index contributed by atoms with van der Waals surface area (Å²) in [6.45, 7) is 6.33. The molecule has 4 nitrogen and oxygen atoms in total. The van der Waals surface area contributed by atoms with Gasteiger partial charge in [-0.1, -0.05) is 6.07 Å². The average Bonchev–Trinajstić information content (AvgIpc) is 2.89. The second kappa shape index (κ2) is 5.28. The Morgan fingerprint density at radius 1 is 1.37 bits per heavy atom. The van der Waals surface area contributed by atoms with Crippen LogP contribution in [0.5, 0.6) is 0 Å². The van der Waals surface area contributed by atoms with Crippen molar-refractivity contribution < 1.29 is 0 Å². The second-order valence-electron chi connectivity index (χ2n) is 5.62. The zero-order chi connectivity index (χ0) is 13.2. The van der Waals surface area contributed by atoms with E-state index in [9.17, 15) is 5.26 Å². The molecule has 0 aromatic carbocycles. The topological polar surface area (TPSA) is 43.2 Å². The third kappa shape index (κ3) is 2.49. The molecule has 2 aliphatic heterocycles. The summed E-state index contributed by atoms with van der Waals surface area (Å²) in [4.78, 5) is 9.29. The number of aromatic nitrogens is 1. The van der Waals surface area contributed by atoms with Crippen molar-refractivity contribution in [2.24, 2.45) is 0 Å². The highest BCUT2D eigenvalue weighted by atomic mass is 15.3.